The predicted octanol–water partition coefficient (Wildman–Crippen LogP) is 7.33. The van der Waals surface area contributed by atoms with Crippen LogP contribution in [0.25, 0.3) is 0 Å². The van der Waals surface area contributed by atoms with Crippen molar-refractivity contribution in [2.24, 2.45) is 5.92 Å². The molecule has 0 saturated carbocycles. The van der Waals surface area contributed by atoms with Crippen molar-refractivity contribution in [1.29, 1.82) is 5.41 Å². The summed E-state index contributed by atoms with van der Waals surface area (Å²) in [5.74, 6) is 1.35. The van der Waals surface area contributed by atoms with E-state index in [4.69, 9.17) is 29.1 Å². The van der Waals surface area contributed by atoms with Crippen molar-refractivity contribution in [3.8, 4) is 17.2 Å². The number of amides is 1. The van der Waals surface area contributed by atoms with Gasteiger partial charge in [-0.3, -0.25) is 15.0 Å². The van der Waals surface area contributed by atoms with E-state index < -0.39 is 0 Å². The maximum absolute atomic E-state index is 13.3. The Morgan fingerprint density at radius 3 is 1.89 bits per heavy atom. The molecular weight excluding hydrogens is 584 g/mol. The van der Waals surface area contributed by atoms with E-state index in [0.29, 0.717) is 49.9 Å². The molecule has 1 N–H and O–H groups in total. The van der Waals surface area contributed by atoms with Crippen LogP contribution in [0.5, 0.6) is 17.2 Å². The van der Waals surface area contributed by atoms with Gasteiger partial charge in [-0.05, 0) is 110 Å². The maximum Gasteiger partial charge on any atom is 0.308 e. The summed E-state index contributed by atoms with van der Waals surface area (Å²) in [7, 11) is 0. The molecule has 0 aromatic heterocycles. The molecule has 0 spiro atoms. The van der Waals surface area contributed by atoms with Crippen molar-refractivity contribution < 1.29 is 33.3 Å². The molecule has 9 nitrogen and oxygen atoms in total. The normalized spacial score (nSPS) is 11.4. The van der Waals surface area contributed by atoms with Gasteiger partial charge in [-0.25, -0.2) is 0 Å². The third-order valence-corrected chi connectivity index (χ3v) is 6.76. The zero-order chi connectivity index (χ0) is 31.8. The molecule has 0 aliphatic rings. The molecule has 2 aromatic rings. The van der Waals surface area contributed by atoms with Gasteiger partial charge in [0.05, 0.1) is 39.0 Å². The first-order chi connectivity index (χ1) is 20.6. The van der Waals surface area contributed by atoms with Gasteiger partial charge in [0.2, 0.25) is 5.90 Å². The highest BCUT2D eigenvalue weighted by Gasteiger charge is 2.23. The number of nitrogens with one attached hydrogen (secondary N) is 1. The second-order valence-electron chi connectivity index (χ2n) is 10.9. The number of ether oxygens (including phenoxy) is 5. The van der Waals surface area contributed by atoms with Crippen LogP contribution in [-0.2, 0) is 14.3 Å². The number of carbonyl (C=O) groups is 2. The number of halogens is 1. The van der Waals surface area contributed by atoms with Crippen LogP contribution in [0.1, 0.15) is 90.1 Å². The van der Waals surface area contributed by atoms with Crippen LogP contribution in [0.2, 0.25) is 0 Å². The molecule has 1 atom stereocenters. The lowest BCUT2D eigenvalue weighted by atomic mass is 10.1. The number of unbranched alkanes of at least 4 members (excludes halogenated alkanes) is 2. The molecule has 0 aliphatic heterocycles. The van der Waals surface area contributed by atoms with E-state index in [0.717, 1.165) is 30.6 Å². The van der Waals surface area contributed by atoms with Crippen molar-refractivity contribution in [2.75, 3.05) is 33.0 Å². The average Bonchev–Trinajstić information content (AvgIpc) is 2.97. The fourth-order valence-corrected chi connectivity index (χ4v) is 4.52. The summed E-state index contributed by atoms with van der Waals surface area (Å²) in [5, 5.41) is 7.85. The van der Waals surface area contributed by atoms with E-state index in [1.54, 1.807) is 25.1 Å². The van der Waals surface area contributed by atoms with Gasteiger partial charge >= 0.3 is 5.97 Å². The molecule has 0 radical (unpaired) electrons. The number of benzene rings is 2. The summed E-state index contributed by atoms with van der Waals surface area (Å²) >= 11 is 0. The molecular formula is C34H51ClN2O7. The molecule has 2 aromatic carbocycles. The maximum atomic E-state index is 13.3. The minimum absolute atomic E-state index is 0. The molecule has 44 heavy (non-hydrogen) atoms. The summed E-state index contributed by atoms with van der Waals surface area (Å²) in [5.41, 5.74) is 1.25. The minimum Gasteiger partial charge on any atom is -0.494 e. The molecule has 0 heterocycles. The molecule has 0 aliphatic carbocycles. The second kappa shape index (κ2) is 20.5. The van der Waals surface area contributed by atoms with Gasteiger partial charge in [0.1, 0.15) is 5.75 Å². The van der Waals surface area contributed by atoms with E-state index in [1.165, 1.54) is 0 Å². The highest BCUT2D eigenvalue weighted by molar-refractivity contribution is 5.95. The van der Waals surface area contributed by atoms with Crippen LogP contribution in [-0.4, -0.2) is 67.8 Å². The lowest BCUT2D eigenvalue weighted by molar-refractivity contribution is -0.147. The third-order valence-electron chi connectivity index (χ3n) is 6.76. The third kappa shape index (κ3) is 12.6. The quantitative estimate of drug-likeness (QED) is 0.0746. The highest BCUT2D eigenvalue weighted by Crippen LogP contribution is 2.30. The van der Waals surface area contributed by atoms with Gasteiger partial charge < -0.3 is 28.6 Å². The number of hydrogen-bond donors (Lipinski definition) is 1. The Labute approximate surface area is 269 Å². The highest BCUT2D eigenvalue weighted by atomic mass is 35.5. The van der Waals surface area contributed by atoms with Gasteiger partial charge in [-0.1, -0.05) is 6.92 Å². The van der Waals surface area contributed by atoms with Crippen LogP contribution in [0.15, 0.2) is 42.5 Å². The van der Waals surface area contributed by atoms with Crippen molar-refractivity contribution in [1.82, 2.24) is 4.90 Å². The van der Waals surface area contributed by atoms with Crippen LogP contribution in [0.4, 0.5) is 0 Å². The number of carbonyl (C=O) groups excluding carboxylic acids is 2. The first kappa shape index (κ1) is 38.6. The van der Waals surface area contributed by atoms with Gasteiger partial charge in [0.15, 0.2) is 11.5 Å². The Balaban J connectivity index is 0.00000968. The summed E-state index contributed by atoms with van der Waals surface area (Å²) in [6.45, 7) is 15.6. The topological polar surface area (TPSA) is 107 Å². The molecule has 1 unspecified atom stereocenters. The minimum atomic E-state index is -0.296. The van der Waals surface area contributed by atoms with Crippen molar-refractivity contribution in [3.05, 3.63) is 53.6 Å². The van der Waals surface area contributed by atoms with Crippen molar-refractivity contribution in [3.63, 3.8) is 0 Å². The molecule has 0 saturated heterocycles. The monoisotopic (exact) mass is 634 g/mol. The first-order valence-electron chi connectivity index (χ1n) is 15.4. The molecule has 1 amide bonds. The van der Waals surface area contributed by atoms with Gasteiger partial charge in [-0.15, -0.1) is 12.4 Å². The van der Waals surface area contributed by atoms with Gasteiger partial charge in [0, 0.05) is 23.2 Å². The van der Waals surface area contributed by atoms with Gasteiger partial charge in [-0.2, -0.15) is 0 Å². The number of esters is 1. The predicted molar refractivity (Wildman–Crippen MR) is 176 cm³/mol. The van der Waals surface area contributed by atoms with Crippen molar-refractivity contribution in [2.45, 2.75) is 86.2 Å². The van der Waals surface area contributed by atoms with Crippen molar-refractivity contribution >= 4 is 30.2 Å². The van der Waals surface area contributed by atoms with E-state index >= 15 is 0 Å². The first-order valence-corrected chi connectivity index (χ1v) is 15.4. The van der Waals surface area contributed by atoms with Crippen LogP contribution in [0, 0.1) is 11.3 Å². The molecule has 0 fully saturated rings. The molecule has 10 heteroatoms. The fourth-order valence-electron chi connectivity index (χ4n) is 4.52. The number of rotatable bonds is 19. The Kier molecular flexibility index (Phi) is 18.0. The Bertz CT molecular complexity index is 1150. The standard InChI is InChI=1S/C34H50N2O7.ClH/c1-8-39-32(35)27-13-16-29(17-14-27)41-20-11-10-12-21-42-30-18-15-28(33(37)36(24(3)4)25(5)6)23-31(30)43-22-19-26(7)34(38)40-9-2;/h13-18,23-26,35H,8-12,19-22H2,1-7H3;1H. The molecule has 246 valence electrons. The number of hydrogen-bond acceptors (Lipinski definition) is 8. The average molecular weight is 635 g/mol. The number of nitrogens with zero attached hydrogens (tertiary/aromatic N) is 1. The molecule has 0 bridgehead atoms. The van der Waals surface area contributed by atoms with Gasteiger partial charge in [0.25, 0.3) is 5.91 Å². The van der Waals surface area contributed by atoms with Crippen LogP contribution in [0.3, 0.4) is 0 Å². The smallest absolute Gasteiger partial charge is 0.308 e. The van der Waals surface area contributed by atoms with E-state index in [1.807, 2.05) is 70.7 Å². The lowest BCUT2D eigenvalue weighted by Gasteiger charge is -2.31. The molecule has 2 rings (SSSR count). The van der Waals surface area contributed by atoms with E-state index in [-0.39, 0.29) is 54.8 Å². The Morgan fingerprint density at radius 2 is 1.30 bits per heavy atom. The zero-order valence-electron chi connectivity index (χ0n) is 27.4. The van der Waals surface area contributed by atoms with E-state index in [2.05, 4.69) is 0 Å². The summed E-state index contributed by atoms with van der Waals surface area (Å²) in [4.78, 5) is 27.2. The summed E-state index contributed by atoms with van der Waals surface area (Å²) < 4.78 is 28.3. The Hall–Kier alpha value is -3.46. The van der Waals surface area contributed by atoms with Crippen LogP contribution >= 0.6 is 12.4 Å². The van der Waals surface area contributed by atoms with Crippen LogP contribution < -0.4 is 14.2 Å². The Morgan fingerprint density at radius 1 is 0.727 bits per heavy atom. The fraction of sp³-hybridized carbons (Fsp3) is 0.559. The SMILES string of the molecule is CCOC(=N)c1ccc(OCCCCCOc2ccc(C(=O)N(C(C)C)C(C)C)cc2OCCC(C)C(=O)OCC)cc1.Cl. The van der Waals surface area contributed by atoms with E-state index in [9.17, 15) is 9.59 Å². The zero-order valence-corrected chi connectivity index (χ0v) is 28.2. The largest absolute Gasteiger partial charge is 0.494 e. The lowest BCUT2D eigenvalue weighted by Crippen LogP contribution is -2.42. The summed E-state index contributed by atoms with van der Waals surface area (Å²) in [6, 6.07) is 12.7. The summed E-state index contributed by atoms with van der Waals surface area (Å²) in [6.07, 6.45) is 3.08. The second-order valence-corrected chi connectivity index (χ2v) is 10.9.